The van der Waals surface area contributed by atoms with Gasteiger partial charge in [-0.05, 0) is 29.3 Å². The maximum absolute atomic E-state index is 14.5. The minimum absolute atomic E-state index is 0.0134. The van der Waals surface area contributed by atoms with Crippen molar-refractivity contribution in [3.05, 3.63) is 67.8 Å². The normalized spacial score (nSPS) is 29.4. The molecule has 6 atom stereocenters. The van der Waals surface area contributed by atoms with Crippen LogP contribution >= 0.6 is 27.7 Å². The molecule has 1 spiro atoms. The van der Waals surface area contributed by atoms with Gasteiger partial charge in [-0.1, -0.05) is 58.4 Å². The van der Waals surface area contributed by atoms with Gasteiger partial charge >= 0.3 is 0 Å². The first-order valence-electron chi connectivity index (χ1n) is 12.8. The van der Waals surface area contributed by atoms with Crippen LogP contribution in [0.5, 0.6) is 0 Å². The molecule has 200 valence electrons. The van der Waals surface area contributed by atoms with Crippen LogP contribution in [0.2, 0.25) is 0 Å². The minimum atomic E-state index is -0.809. The van der Waals surface area contributed by atoms with Crippen molar-refractivity contribution in [3.63, 3.8) is 0 Å². The number of thioether (sulfide) groups is 1. The Balaban J connectivity index is 1.58. The number of fused-ring (bicyclic) bond motifs is 2. The lowest BCUT2D eigenvalue weighted by atomic mass is 9.70. The molecule has 2 bridgehead atoms. The molecule has 9 heteroatoms. The third kappa shape index (κ3) is 4.10. The first-order valence-corrected chi connectivity index (χ1v) is 14.6. The van der Waals surface area contributed by atoms with Gasteiger partial charge in [-0.15, -0.1) is 24.9 Å². The van der Waals surface area contributed by atoms with Crippen LogP contribution in [0.4, 0.5) is 5.69 Å². The summed E-state index contributed by atoms with van der Waals surface area (Å²) in [5, 5.41) is 11.8. The molecule has 3 saturated heterocycles. The van der Waals surface area contributed by atoms with Crippen LogP contribution in [0.25, 0.3) is 10.8 Å². The van der Waals surface area contributed by atoms with E-state index in [2.05, 4.69) is 29.1 Å². The van der Waals surface area contributed by atoms with Gasteiger partial charge in [-0.2, -0.15) is 0 Å². The second-order valence-corrected chi connectivity index (χ2v) is 12.9. The van der Waals surface area contributed by atoms with E-state index in [-0.39, 0.29) is 47.5 Å². The summed E-state index contributed by atoms with van der Waals surface area (Å²) in [5.41, 5.74) is 0.719. The first-order chi connectivity index (χ1) is 18.3. The molecule has 3 aliphatic rings. The zero-order chi connectivity index (χ0) is 27.2. The molecule has 0 aliphatic carbocycles. The number of hydrogen-bond acceptors (Lipinski definition) is 5. The fourth-order valence-corrected chi connectivity index (χ4v) is 10.1. The van der Waals surface area contributed by atoms with Gasteiger partial charge in [0.25, 0.3) is 5.91 Å². The molecule has 0 saturated carbocycles. The third-order valence-electron chi connectivity index (χ3n) is 8.05. The number of β-amino-alcohol motifs (C(OH)–C–C–N with tert-alkyl or cyclic N) is 1. The number of aliphatic hydroxyl groups is 1. The monoisotopic (exact) mass is 597 g/mol. The number of likely N-dealkylation sites (N-methyl/N-ethyl adjacent to an activating group) is 1. The molecule has 7 nitrogen and oxygen atoms in total. The topological polar surface area (TPSA) is 81.2 Å². The van der Waals surface area contributed by atoms with Gasteiger partial charge in [0.15, 0.2) is 0 Å². The van der Waals surface area contributed by atoms with Crippen molar-refractivity contribution in [1.82, 2.24) is 9.80 Å². The number of carbonyl (C=O) groups excluding carboxylic acids is 3. The fraction of sp³-hybridized carbons (Fsp3) is 0.414. The average Bonchev–Trinajstić information content (AvgIpc) is 3.50. The Bertz CT molecular complexity index is 1300. The van der Waals surface area contributed by atoms with E-state index in [0.29, 0.717) is 13.0 Å². The summed E-state index contributed by atoms with van der Waals surface area (Å²) in [6, 6.07) is 13.0. The minimum Gasteiger partial charge on any atom is -0.395 e. The highest BCUT2D eigenvalue weighted by Gasteiger charge is 2.76. The summed E-state index contributed by atoms with van der Waals surface area (Å²) in [5.74, 6) is -1.74. The van der Waals surface area contributed by atoms with E-state index >= 15 is 0 Å². The average molecular weight is 599 g/mol. The highest BCUT2D eigenvalue weighted by atomic mass is 79.9. The van der Waals surface area contributed by atoms with Crippen LogP contribution in [-0.4, -0.2) is 86.8 Å². The Kier molecular flexibility index (Phi) is 7.46. The number of alkyl halides is 1. The largest absolute Gasteiger partial charge is 0.395 e. The predicted octanol–water partition coefficient (Wildman–Crippen LogP) is 3.46. The van der Waals surface area contributed by atoms with Gasteiger partial charge in [0.05, 0.1) is 23.2 Å². The van der Waals surface area contributed by atoms with Gasteiger partial charge in [-0.25, -0.2) is 0 Å². The molecule has 2 aromatic rings. The van der Waals surface area contributed by atoms with Crippen molar-refractivity contribution in [2.75, 3.05) is 38.2 Å². The van der Waals surface area contributed by atoms with Crippen molar-refractivity contribution in [2.45, 2.75) is 27.3 Å². The number of anilines is 1. The quantitative estimate of drug-likeness (QED) is 0.354. The maximum atomic E-state index is 14.5. The highest BCUT2D eigenvalue weighted by molar-refractivity contribution is 9.09. The Morgan fingerprint density at radius 1 is 1.16 bits per heavy atom. The van der Waals surface area contributed by atoms with Crippen molar-refractivity contribution in [1.29, 1.82) is 0 Å². The molecule has 3 unspecified atom stereocenters. The highest BCUT2D eigenvalue weighted by Crippen LogP contribution is 2.68. The molecule has 0 radical (unpaired) electrons. The van der Waals surface area contributed by atoms with E-state index in [1.807, 2.05) is 42.5 Å². The molecule has 38 heavy (non-hydrogen) atoms. The standard InChI is InChI=1S/C29H32BrN3O4S/c1-4-12-31(3)26(35)22-23-27(36)33(14-15-34)25(29(23)17-21(30)24(22)38-29)28(37)32(13-5-2)20-11-10-18-8-6-7-9-19(18)16-20/h4-11,16,21-25,34H,1-2,12-15,17H2,3H3/t21?,22-,23+,24-,25?,29?/m1/s1. The van der Waals surface area contributed by atoms with Crippen molar-refractivity contribution < 1.29 is 19.5 Å². The van der Waals surface area contributed by atoms with Gasteiger partial charge in [-0.3, -0.25) is 14.4 Å². The summed E-state index contributed by atoms with van der Waals surface area (Å²) in [6.07, 6.45) is 3.93. The third-order valence-corrected chi connectivity index (χ3v) is 11.3. The van der Waals surface area contributed by atoms with E-state index in [4.69, 9.17) is 0 Å². The second-order valence-electron chi connectivity index (χ2n) is 10.2. The smallest absolute Gasteiger partial charge is 0.251 e. The van der Waals surface area contributed by atoms with Crippen LogP contribution in [0.1, 0.15) is 6.42 Å². The van der Waals surface area contributed by atoms with Crippen LogP contribution in [0.3, 0.4) is 0 Å². The van der Waals surface area contributed by atoms with Crippen molar-refractivity contribution in [2.24, 2.45) is 11.8 Å². The lowest BCUT2D eigenvalue weighted by Crippen LogP contribution is -2.56. The predicted molar refractivity (Wildman–Crippen MR) is 155 cm³/mol. The summed E-state index contributed by atoms with van der Waals surface area (Å²) < 4.78 is -0.770. The summed E-state index contributed by atoms with van der Waals surface area (Å²) in [6.45, 7) is 8.04. The Morgan fingerprint density at radius 2 is 1.87 bits per heavy atom. The van der Waals surface area contributed by atoms with Crippen LogP contribution < -0.4 is 4.90 Å². The van der Waals surface area contributed by atoms with Gasteiger partial charge in [0, 0.05) is 42.4 Å². The van der Waals surface area contributed by atoms with Gasteiger partial charge < -0.3 is 19.8 Å². The number of amides is 3. The lowest BCUT2D eigenvalue weighted by Gasteiger charge is -2.38. The number of carbonyl (C=O) groups is 3. The van der Waals surface area contributed by atoms with Gasteiger partial charge in [0.1, 0.15) is 6.04 Å². The van der Waals surface area contributed by atoms with E-state index < -0.39 is 22.6 Å². The Morgan fingerprint density at radius 3 is 2.55 bits per heavy atom. The number of nitrogens with zero attached hydrogens (tertiary/aromatic N) is 3. The molecular formula is C29H32BrN3O4S. The van der Waals surface area contributed by atoms with Crippen LogP contribution in [0, 0.1) is 11.8 Å². The Hall–Kier alpha value is -2.62. The fourth-order valence-electron chi connectivity index (χ4n) is 6.52. The maximum Gasteiger partial charge on any atom is 0.251 e. The van der Waals surface area contributed by atoms with Crippen LogP contribution in [-0.2, 0) is 14.4 Å². The lowest BCUT2D eigenvalue weighted by molar-refractivity contribution is -0.143. The summed E-state index contributed by atoms with van der Waals surface area (Å²) in [4.78, 5) is 46.9. The SMILES string of the molecule is C=CCN(C)C(=O)[C@H]1[C@@H]2SC3(CC2Br)C(C(=O)N(CC=C)c2ccc4ccccc4c2)N(CCO)C(=O)[C@H]13. The van der Waals surface area contributed by atoms with Crippen LogP contribution in [0.15, 0.2) is 67.8 Å². The summed E-state index contributed by atoms with van der Waals surface area (Å²) >= 11 is 5.38. The molecule has 3 aliphatic heterocycles. The molecule has 5 rings (SSSR count). The number of halogens is 1. The zero-order valence-electron chi connectivity index (χ0n) is 21.3. The molecule has 1 N–H and O–H groups in total. The van der Waals surface area contributed by atoms with Crippen molar-refractivity contribution >= 4 is 61.9 Å². The molecule has 3 heterocycles. The van der Waals surface area contributed by atoms with E-state index in [1.165, 1.54) is 4.90 Å². The van der Waals surface area contributed by atoms with Crippen molar-refractivity contribution in [3.8, 4) is 0 Å². The molecule has 2 aromatic carbocycles. The summed E-state index contributed by atoms with van der Waals surface area (Å²) in [7, 11) is 1.72. The van der Waals surface area contributed by atoms with E-state index in [9.17, 15) is 19.5 Å². The number of rotatable bonds is 9. The van der Waals surface area contributed by atoms with E-state index in [0.717, 1.165) is 16.5 Å². The Labute approximate surface area is 235 Å². The number of hydrogen-bond donors (Lipinski definition) is 1. The molecule has 3 fully saturated rings. The van der Waals surface area contributed by atoms with E-state index in [1.54, 1.807) is 40.8 Å². The number of likely N-dealkylation sites (tertiary alicyclic amines) is 1. The molecule has 3 amide bonds. The number of benzene rings is 2. The second kappa shape index (κ2) is 10.5. The first kappa shape index (κ1) is 27.0. The molecule has 0 aromatic heterocycles. The van der Waals surface area contributed by atoms with Gasteiger partial charge in [0.2, 0.25) is 11.8 Å². The number of aliphatic hydroxyl groups excluding tert-OH is 1. The zero-order valence-corrected chi connectivity index (χ0v) is 23.7. The molecular weight excluding hydrogens is 566 g/mol.